The van der Waals surface area contributed by atoms with Crippen molar-refractivity contribution >= 4 is 36.1 Å². The van der Waals surface area contributed by atoms with Gasteiger partial charge in [-0.05, 0) is 6.07 Å². The number of benzene rings is 1. The highest BCUT2D eigenvalue weighted by Gasteiger charge is 2.17. The molecule has 22 heavy (non-hydrogen) atoms. The summed E-state index contributed by atoms with van der Waals surface area (Å²) in [6, 6.07) is 4.29. The molecule has 0 unspecified atom stereocenters. The van der Waals surface area contributed by atoms with E-state index in [-0.39, 0.29) is 27.4 Å². The van der Waals surface area contributed by atoms with Gasteiger partial charge < -0.3 is 18.8 Å². The fourth-order valence-corrected chi connectivity index (χ4v) is 2.45. The lowest BCUT2D eigenvalue weighted by atomic mass is 9.91. The van der Waals surface area contributed by atoms with Gasteiger partial charge in [-0.2, -0.15) is 0 Å². The van der Waals surface area contributed by atoms with Crippen LogP contribution in [0.1, 0.15) is 10.4 Å². The van der Waals surface area contributed by atoms with Gasteiger partial charge in [0.05, 0.1) is 31.3 Å². The third kappa shape index (κ3) is 2.59. The van der Waals surface area contributed by atoms with Crippen LogP contribution in [0.5, 0.6) is 0 Å². The Hall–Kier alpha value is -2.28. The zero-order chi connectivity index (χ0) is 15.7. The molecule has 3 rings (SSSR count). The van der Waals surface area contributed by atoms with Crippen molar-refractivity contribution in [2.45, 2.75) is 0 Å². The average molecular weight is 299 g/mol. The van der Waals surface area contributed by atoms with Crippen LogP contribution < -0.4 is 15.8 Å². The van der Waals surface area contributed by atoms with E-state index in [0.29, 0.717) is 32.2 Å². The minimum Gasteiger partial charge on any atom is -0.465 e. The summed E-state index contributed by atoms with van der Waals surface area (Å²) in [5.74, 6) is -0.0939. The number of carbonyl (C=O) groups is 1. The molecule has 2 radical (unpaired) electrons. The van der Waals surface area contributed by atoms with Gasteiger partial charge in [-0.3, -0.25) is 4.79 Å². The maximum atomic E-state index is 12.3. The summed E-state index contributed by atoms with van der Waals surface area (Å²) in [6.45, 7) is 2.46. The molecule has 6 nitrogen and oxygen atoms in total. The fourth-order valence-electron chi connectivity index (χ4n) is 2.45. The van der Waals surface area contributed by atoms with E-state index < -0.39 is 5.97 Å². The smallest absolute Gasteiger partial charge is 0.337 e. The number of carbonyl (C=O) groups excluding carboxylic acids is 1. The molecule has 1 aromatic heterocycles. The van der Waals surface area contributed by atoms with Gasteiger partial charge in [-0.1, -0.05) is 11.5 Å². The molecule has 0 amide bonds. The number of nitrogens with zero attached hydrogens (tertiary/aromatic N) is 1. The first-order chi connectivity index (χ1) is 10.6. The van der Waals surface area contributed by atoms with Crippen molar-refractivity contribution in [2.24, 2.45) is 0 Å². The molecule has 1 aliphatic rings. The Morgan fingerprint density at radius 3 is 2.68 bits per heavy atom. The number of hydrogen-bond acceptors (Lipinski definition) is 6. The number of anilines is 1. The molecule has 2 heterocycles. The lowest BCUT2D eigenvalue weighted by Gasteiger charge is -2.27. The Morgan fingerprint density at radius 1 is 1.27 bits per heavy atom. The summed E-state index contributed by atoms with van der Waals surface area (Å²) in [4.78, 5) is 25.9. The predicted molar refractivity (Wildman–Crippen MR) is 82.2 cm³/mol. The molecule has 2 aromatic rings. The quantitative estimate of drug-likeness (QED) is 0.583. The van der Waals surface area contributed by atoms with E-state index in [0.717, 1.165) is 0 Å². The number of hydrogen-bond donors (Lipinski definition) is 0. The number of rotatable bonds is 2. The van der Waals surface area contributed by atoms with Crippen LogP contribution in [0.2, 0.25) is 0 Å². The Kier molecular flexibility index (Phi) is 3.89. The molecule has 0 bridgehead atoms. The molecule has 1 aromatic carbocycles. The van der Waals surface area contributed by atoms with E-state index in [4.69, 9.17) is 17.0 Å². The maximum absolute atomic E-state index is 12.3. The summed E-state index contributed by atoms with van der Waals surface area (Å²) in [5.41, 5.74) is 0.478. The molecule has 0 N–H and O–H groups in total. The standard InChI is InChI=1S/C15H14BNO5/c1-20-15(19)9-6-10-12(18)8-13(17-2-4-21-5-3-17)22-14(10)11(16)7-9/h6-8H,2-5H2,1H3. The van der Waals surface area contributed by atoms with Gasteiger partial charge in [0, 0.05) is 19.2 Å². The lowest BCUT2D eigenvalue weighted by Crippen LogP contribution is -2.36. The number of ether oxygens (including phenoxy) is 2. The van der Waals surface area contributed by atoms with Crippen molar-refractivity contribution in [3.8, 4) is 0 Å². The fraction of sp³-hybridized carbons (Fsp3) is 0.333. The molecule has 1 saturated heterocycles. The number of methoxy groups -OCH3 is 1. The van der Waals surface area contributed by atoms with Gasteiger partial charge >= 0.3 is 5.97 Å². The van der Waals surface area contributed by atoms with Crippen LogP contribution in [0.4, 0.5) is 5.88 Å². The molecular weight excluding hydrogens is 285 g/mol. The zero-order valence-corrected chi connectivity index (χ0v) is 12.1. The Bertz CT molecular complexity index is 779. The first-order valence-corrected chi connectivity index (χ1v) is 6.88. The van der Waals surface area contributed by atoms with E-state index in [1.54, 1.807) is 0 Å². The Labute approximate surface area is 128 Å². The SMILES string of the molecule is [B]c1cc(C(=O)OC)cc2c(=O)cc(N3CCOCC3)oc12. The second-order valence-corrected chi connectivity index (χ2v) is 4.98. The van der Waals surface area contributed by atoms with Crippen molar-refractivity contribution < 1.29 is 18.7 Å². The van der Waals surface area contributed by atoms with Gasteiger partial charge in [0.25, 0.3) is 0 Å². The Morgan fingerprint density at radius 2 is 2.00 bits per heavy atom. The van der Waals surface area contributed by atoms with Crippen molar-refractivity contribution in [1.82, 2.24) is 0 Å². The third-order valence-corrected chi connectivity index (χ3v) is 3.59. The maximum Gasteiger partial charge on any atom is 0.337 e. The second kappa shape index (κ2) is 5.85. The number of morpholine rings is 1. The number of fused-ring (bicyclic) bond motifs is 1. The second-order valence-electron chi connectivity index (χ2n) is 4.98. The van der Waals surface area contributed by atoms with Crippen LogP contribution in [0.25, 0.3) is 11.0 Å². The molecule has 0 saturated carbocycles. The highest BCUT2D eigenvalue weighted by Crippen LogP contribution is 2.20. The molecule has 1 fully saturated rings. The van der Waals surface area contributed by atoms with Gasteiger partial charge in [-0.25, -0.2) is 4.79 Å². The molecular formula is C15H14BNO5. The van der Waals surface area contributed by atoms with E-state index in [9.17, 15) is 9.59 Å². The zero-order valence-electron chi connectivity index (χ0n) is 12.1. The lowest BCUT2D eigenvalue weighted by molar-refractivity contribution is 0.0601. The molecule has 0 spiro atoms. The first kappa shape index (κ1) is 14.7. The summed E-state index contributed by atoms with van der Waals surface area (Å²) in [6.07, 6.45) is 0. The van der Waals surface area contributed by atoms with Gasteiger partial charge in [0.1, 0.15) is 13.4 Å². The Balaban J connectivity index is 2.12. The monoisotopic (exact) mass is 299 g/mol. The highest BCUT2D eigenvalue weighted by atomic mass is 16.5. The van der Waals surface area contributed by atoms with E-state index in [1.165, 1.54) is 25.3 Å². The summed E-state index contributed by atoms with van der Waals surface area (Å²) in [7, 11) is 7.20. The van der Waals surface area contributed by atoms with Crippen molar-refractivity contribution in [3.63, 3.8) is 0 Å². The van der Waals surface area contributed by atoms with Crippen LogP contribution in [-0.4, -0.2) is 47.2 Å². The molecule has 7 heteroatoms. The van der Waals surface area contributed by atoms with Crippen molar-refractivity contribution in [2.75, 3.05) is 38.3 Å². The van der Waals surface area contributed by atoms with Crippen LogP contribution in [0.3, 0.4) is 0 Å². The minimum absolute atomic E-state index is 0.221. The van der Waals surface area contributed by atoms with Crippen molar-refractivity contribution in [1.29, 1.82) is 0 Å². The van der Waals surface area contributed by atoms with Gasteiger partial charge in [0.2, 0.25) is 0 Å². The van der Waals surface area contributed by atoms with Crippen LogP contribution >= 0.6 is 0 Å². The minimum atomic E-state index is -0.551. The summed E-state index contributed by atoms with van der Waals surface area (Å²) in [5, 5.41) is 0.261. The summed E-state index contributed by atoms with van der Waals surface area (Å²) < 4.78 is 15.7. The average Bonchev–Trinajstić information content (AvgIpc) is 2.55. The third-order valence-electron chi connectivity index (χ3n) is 3.59. The van der Waals surface area contributed by atoms with Crippen molar-refractivity contribution in [3.05, 3.63) is 34.0 Å². The van der Waals surface area contributed by atoms with E-state index in [1.807, 2.05) is 4.90 Å². The molecule has 0 aliphatic carbocycles. The first-order valence-electron chi connectivity index (χ1n) is 6.88. The highest BCUT2D eigenvalue weighted by molar-refractivity contribution is 6.38. The van der Waals surface area contributed by atoms with E-state index in [2.05, 4.69) is 4.74 Å². The molecule has 1 aliphatic heterocycles. The van der Waals surface area contributed by atoms with Crippen LogP contribution in [0, 0.1) is 0 Å². The van der Waals surface area contributed by atoms with Crippen LogP contribution in [0.15, 0.2) is 27.4 Å². The molecule has 0 atom stereocenters. The van der Waals surface area contributed by atoms with Crippen LogP contribution in [-0.2, 0) is 9.47 Å². The normalized spacial score (nSPS) is 15.0. The topological polar surface area (TPSA) is 69.0 Å². The summed E-state index contributed by atoms with van der Waals surface area (Å²) >= 11 is 0. The molecule has 112 valence electrons. The van der Waals surface area contributed by atoms with Gasteiger partial charge in [-0.15, -0.1) is 0 Å². The van der Waals surface area contributed by atoms with E-state index >= 15 is 0 Å². The van der Waals surface area contributed by atoms with Gasteiger partial charge in [0.15, 0.2) is 11.3 Å². The number of esters is 1. The largest absolute Gasteiger partial charge is 0.465 e. The predicted octanol–water partition coefficient (Wildman–Crippen LogP) is 0.210.